The number of para-hydroxylation sites is 2. The molecular formula is C42H43F3N6O2S. The zero-order chi connectivity index (χ0) is 37.6. The van der Waals surface area contributed by atoms with E-state index in [1.807, 2.05) is 74.8 Å². The van der Waals surface area contributed by atoms with Crippen molar-refractivity contribution in [1.82, 2.24) is 15.3 Å². The second-order valence-electron chi connectivity index (χ2n) is 14.7. The quantitative estimate of drug-likeness (QED) is 0.125. The summed E-state index contributed by atoms with van der Waals surface area (Å²) in [7, 11) is 0. The molecule has 2 atom stereocenters. The normalized spacial score (nSPS) is 20.8. The van der Waals surface area contributed by atoms with Crippen LogP contribution in [0.25, 0.3) is 21.8 Å². The average Bonchev–Trinajstić information content (AvgIpc) is 3.46. The number of hydrogen-bond acceptors (Lipinski definition) is 7. The number of alkyl halides is 3. The van der Waals surface area contributed by atoms with Crippen LogP contribution in [0.15, 0.2) is 90.1 Å². The minimum absolute atomic E-state index is 0.0323. The van der Waals surface area contributed by atoms with E-state index in [0.29, 0.717) is 0 Å². The number of hydrogen-bond donors (Lipinski definition) is 1. The second-order valence-corrected chi connectivity index (χ2v) is 15.8. The lowest BCUT2D eigenvalue weighted by atomic mass is 9.68. The predicted octanol–water partition coefficient (Wildman–Crippen LogP) is 9.78. The van der Waals surface area contributed by atoms with Gasteiger partial charge in [0.05, 0.1) is 40.5 Å². The molecule has 1 N–H and O–H groups in total. The molecule has 3 aliphatic heterocycles. The van der Waals surface area contributed by atoms with Crippen molar-refractivity contribution in [3.8, 4) is 0 Å². The van der Waals surface area contributed by atoms with Gasteiger partial charge in [-0.05, 0) is 97.8 Å². The highest BCUT2D eigenvalue weighted by Crippen LogP contribution is 2.51. The Morgan fingerprint density at radius 3 is 1.61 bits per heavy atom. The first-order valence-corrected chi connectivity index (χ1v) is 19.7. The standard InChI is InChI=1S/C42H43F3N6O2S/c1-27(37-31-13-5-7-15-33(31)46-25-35(37)49-21-9-3-10-22-49)41(39(52)51(40(53)48-41)29-17-19-30(20-18-29)54-42(43,44)45)28(2)38-32-14-6-8-16-34(32)47-26-36(38)50-23-11-4-12-24-50/h5-8,13-20,25-28H,3-4,9-12,21-24H2,1-2H3,(H,48,53). The van der Waals surface area contributed by atoms with Crippen LogP contribution in [0.5, 0.6) is 0 Å². The van der Waals surface area contributed by atoms with Crippen molar-refractivity contribution in [2.45, 2.75) is 80.2 Å². The first-order valence-electron chi connectivity index (χ1n) is 18.8. The number of halogens is 3. The minimum Gasteiger partial charge on any atom is -0.370 e. The molecule has 0 radical (unpaired) electrons. The number of nitrogens with zero attached hydrogens (tertiary/aromatic N) is 5. The van der Waals surface area contributed by atoms with E-state index in [2.05, 4.69) is 15.1 Å². The van der Waals surface area contributed by atoms with Crippen molar-refractivity contribution in [3.05, 3.63) is 96.3 Å². The van der Waals surface area contributed by atoms with Crippen LogP contribution in [-0.4, -0.2) is 59.1 Å². The largest absolute Gasteiger partial charge is 0.446 e. The number of thioether (sulfide) groups is 1. The molecule has 3 saturated heterocycles. The Morgan fingerprint density at radius 1 is 0.685 bits per heavy atom. The van der Waals surface area contributed by atoms with Gasteiger partial charge < -0.3 is 15.1 Å². The number of rotatable bonds is 8. The Balaban J connectivity index is 1.35. The lowest BCUT2D eigenvalue weighted by molar-refractivity contribution is -0.123. The van der Waals surface area contributed by atoms with Gasteiger partial charge in [-0.25, -0.2) is 9.69 Å². The third-order valence-corrected chi connectivity index (χ3v) is 12.4. The number of amides is 3. The molecule has 8 rings (SSSR count). The number of imide groups is 1. The molecule has 2 unspecified atom stereocenters. The van der Waals surface area contributed by atoms with Crippen LogP contribution in [-0.2, 0) is 4.79 Å². The summed E-state index contributed by atoms with van der Waals surface area (Å²) in [4.78, 5) is 45.6. The highest BCUT2D eigenvalue weighted by Gasteiger charge is 2.60. The van der Waals surface area contributed by atoms with Gasteiger partial charge in [-0.15, -0.1) is 0 Å². The van der Waals surface area contributed by atoms with Gasteiger partial charge in [-0.2, -0.15) is 13.2 Å². The van der Waals surface area contributed by atoms with Crippen molar-refractivity contribution >= 4 is 62.6 Å². The highest BCUT2D eigenvalue weighted by molar-refractivity contribution is 8.00. The zero-order valence-electron chi connectivity index (χ0n) is 30.4. The van der Waals surface area contributed by atoms with E-state index in [9.17, 15) is 18.0 Å². The summed E-state index contributed by atoms with van der Waals surface area (Å²) in [5.41, 5.74) is -0.470. The molecule has 0 saturated carbocycles. The Hall–Kier alpha value is -4.84. The number of carbonyl (C=O) groups is 2. The molecule has 3 aromatic carbocycles. The SMILES string of the molecule is CC(c1c(N2CCCCC2)cnc2ccccc12)C1(C(C)c2c(N3CCCCC3)cnc3ccccc23)NC(=O)N(c2ccc(SC(F)(F)F)cc2)C1=O. The van der Waals surface area contributed by atoms with E-state index in [1.165, 1.54) is 24.3 Å². The number of aromatic nitrogens is 2. The van der Waals surface area contributed by atoms with E-state index in [0.717, 1.165) is 114 Å². The molecule has 5 heterocycles. The van der Waals surface area contributed by atoms with Gasteiger partial charge in [0.15, 0.2) is 0 Å². The van der Waals surface area contributed by atoms with Crippen molar-refractivity contribution in [2.24, 2.45) is 0 Å². The van der Waals surface area contributed by atoms with E-state index in [4.69, 9.17) is 9.97 Å². The van der Waals surface area contributed by atoms with Crippen molar-refractivity contribution in [2.75, 3.05) is 40.9 Å². The number of benzene rings is 3. The Kier molecular flexibility index (Phi) is 9.66. The summed E-state index contributed by atoms with van der Waals surface area (Å²) in [5.74, 6) is -1.63. The molecule has 280 valence electrons. The number of piperidine rings is 2. The maximum atomic E-state index is 15.6. The Morgan fingerprint density at radius 2 is 1.15 bits per heavy atom. The van der Waals surface area contributed by atoms with Crippen LogP contribution >= 0.6 is 11.8 Å². The molecule has 5 aromatic rings. The molecule has 3 fully saturated rings. The number of urea groups is 1. The highest BCUT2D eigenvalue weighted by atomic mass is 32.2. The van der Waals surface area contributed by atoms with Crippen molar-refractivity contribution in [3.63, 3.8) is 0 Å². The second kappa shape index (κ2) is 14.4. The van der Waals surface area contributed by atoms with Crippen molar-refractivity contribution < 1.29 is 22.8 Å². The average molecular weight is 753 g/mol. The number of pyridine rings is 2. The summed E-state index contributed by atoms with van der Waals surface area (Å²) < 4.78 is 39.7. The summed E-state index contributed by atoms with van der Waals surface area (Å²) in [6, 6.07) is 20.7. The Labute approximate surface area is 317 Å². The van der Waals surface area contributed by atoms with E-state index >= 15 is 4.79 Å². The molecule has 3 amide bonds. The molecule has 3 aliphatic rings. The molecule has 54 heavy (non-hydrogen) atoms. The molecule has 0 spiro atoms. The van der Waals surface area contributed by atoms with Gasteiger partial charge in [0.2, 0.25) is 0 Å². The van der Waals surface area contributed by atoms with Gasteiger partial charge in [-0.1, -0.05) is 50.2 Å². The third-order valence-electron chi connectivity index (χ3n) is 11.6. The monoisotopic (exact) mass is 752 g/mol. The first-order chi connectivity index (χ1) is 26.1. The van der Waals surface area contributed by atoms with Gasteiger partial charge in [0, 0.05) is 53.7 Å². The third kappa shape index (κ3) is 6.41. The van der Waals surface area contributed by atoms with E-state index in [1.54, 1.807) is 0 Å². The fraction of sp³-hybridized carbons (Fsp3) is 0.381. The summed E-state index contributed by atoms with van der Waals surface area (Å²) in [5, 5.41) is 5.09. The number of carbonyl (C=O) groups excluding carboxylic acids is 2. The van der Waals surface area contributed by atoms with Gasteiger partial charge in [0.25, 0.3) is 5.91 Å². The maximum Gasteiger partial charge on any atom is 0.446 e. The fourth-order valence-corrected chi connectivity index (χ4v) is 9.54. The molecule has 0 bridgehead atoms. The van der Waals surface area contributed by atoms with Crippen LogP contribution in [0.1, 0.15) is 75.3 Å². The first kappa shape index (κ1) is 36.2. The van der Waals surface area contributed by atoms with Crippen molar-refractivity contribution in [1.29, 1.82) is 0 Å². The van der Waals surface area contributed by atoms with Crippen LogP contribution in [0, 0.1) is 0 Å². The van der Waals surface area contributed by atoms with E-state index in [-0.39, 0.29) is 22.3 Å². The molecule has 12 heteroatoms. The molecular weight excluding hydrogens is 710 g/mol. The maximum absolute atomic E-state index is 15.6. The fourth-order valence-electron chi connectivity index (χ4n) is 9.00. The molecule has 0 aliphatic carbocycles. The molecule has 2 aromatic heterocycles. The topological polar surface area (TPSA) is 81.7 Å². The lowest BCUT2D eigenvalue weighted by Gasteiger charge is -2.43. The van der Waals surface area contributed by atoms with Gasteiger partial charge in [0.1, 0.15) is 5.54 Å². The smallest absolute Gasteiger partial charge is 0.370 e. The number of fused-ring (bicyclic) bond motifs is 2. The Bertz CT molecular complexity index is 2090. The van der Waals surface area contributed by atoms with Gasteiger partial charge in [-0.3, -0.25) is 14.8 Å². The van der Waals surface area contributed by atoms with Gasteiger partial charge >= 0.3 is 11.5 Å². The zero-order valence-corrected chi connectivity index (χ0v) is 31.2. The molecule has 8 nitrogen and oxygen atoms in total. The number of nitrogens with one attached hydrogen (secondary N) is 1. The minimum atomic E-state index is -4.47. The van der Waals surface area contributed by atoms with Crippen LogP contribution in [0.3, 0.4) is 0 Å². The summed E-state index contributed by atoms with van der Waals surface area (Å²) >= 11 is -0.235. The van der Waals surface area contributed by atoms with E-state index < -0.39 is 34.8 Å². The predicted molar refractivity (Wildman–Crippen MR) is 210 cm³/mol. The lowest BCUT2D eigenvalue weighted by Crippen LogP contribution is -2.55. The van der Waals surface area contributed by atoms with Crippen LogP contribution < -0.4 is 20.0 Å². The van der Waals surface area contributed by atoms with Crippen LogP contribution in [0.2, 0.25) is 0 Å². The number of anilines is 3. The summed E-state index contributed by atoms with van der Waals surface area (Å²) in [6.45, 7) is 7.47. The summed E-state index contributed by atoms with van der Waals surface area (Å²) in [6.07, 6.45) is 10.3. The van der Waals surface area contributed by atoms with Crippen LogP contribution in [0.4, 0.5) is 35.0 Å².